The van der Waals surface area contributed by atoms with E-state index in [4.69, 9.17) is 21.1 Å². The number of nitrogens with one attached hydrogen (secondary N) is 1. The number of fused-ring (bicyclic) bond motifs is 4. The predicted molar refractivity (Wildman–Crippen MR) is 177 cm³/mol. The van der Waals surface area contributed by atoms with Crippen molar-refractivity contribution in [2.45, 2.75) is 81.5 Å². The quantitative estimate of drug-likeness (QED) is 0.378. The van der Waals surface area contributed by atoms with Gasteiger partial charge in [-0.3, -0.25) is 9.59 Å². The van der Waals surface area contributed by atoms with E-state index in [0.717, 1.165) is 37.8 Å². The van der Waals surface area contributed by atoms with Crippen LogP contribution in [-0.4, -0.2) is 63.1 Å². The van der Waals surface area contributed by atoms with Crippen molar-refractivity contribution in [3.05, 3.63) is 70.3 Å². The van der Waals surface area contributed by atoms with Gasteiger partial charge in [-0.1, -0.05) is 36.7 Å². The van der Waals surface area contributed by atoms with Crippen LogP contribution in [0.1, 0.15) is 79.8 Å². The summed E-state index contributed by atoms with van der Waals surface area (Å²) in [5.41, 5.74) is 3.21. The maximum Gasteiger partial charge on any atom is 0.305 e. The summed E-state index contributed by atoms with van der Waals surface area (Å²) in [6, 6.07) is 11.3. The molecule has 9 nitrogen and oxygen atoms in total. The number of rotatable bonds is 5. The second-order valence-electron chi connectivity index (χ2n) is 13.3. The molecular weight excluding hydrogens is 628 g/mol. The predicted octanol–water partition coefficient (Wildman–Crippen LogP) is 5.89. The maximum atomic E-state index is 13.4. The normalized spacial score (nSPS) is 29.7. The van der Waals surface area contributed by atoms with Crippen LogP contribution in [0.15, 0.2) is 48.6 Å². The molecule has 0 unspecified atom stereocenters. The van der Waals surface area contributed by atoms with Crippen molar-refractivity contribution in [3.8, 4) is 5.75 Å². The number of carboxylic acid groups (broad SMARTS) is 1. The molecule has 0 radical (unpaired) electrons. The number of nitrogens with zero attached hydrogens (tertiary/aromatic N) is 1. The summed E-state index contributed by atoms with van der Waals surface area (Å²) in [7, 11) is -3.93. The molecule has 2 aliphatic heterocycles. The first-order valence-corrected chi connectivity index (χ1v) is 18.4. The lowest BCUT2D eigenvalue weighted by Gasteiger charge is -2.46. The fraction of sp³-hybridized carbons (Fsp3) is 0.543. The number of anilines is 1. The zero-order valence-electron chi connectivity index (χ0n) is 26.3. The Morgan fingerprint density at radius 3 is 2.80 bits per heavy atom. The first kappa shape index (κ1) is 32.8. The van der Waals surface area contributed by atoms with Crippen LogP contribution in [0, 0.1) is 11.8 Å². The molecule has 0 saturated heterocycles. The van der Waals surface area contributed by atoms with Crippen LogP contribution in [0.25, 0.3) is 0 Å². The summed E-state index contributed by atoms with van der Waals surface area (Å²) in [4.78, 5) is 27.0. The standard InChI is InChI=1S/C35H43ClN2O7S/c1-2-27-7-3-4-8-31(44-17-15-33(39)40)28-12-9-25(28)20-38-21-35(16-5-6-23-18-26(36)11-13-29(23)35)22-45-32-14-10-24(19-30(32)38)34(41)37-46(27,42)43/h4,8,10-11,13-14,18-19,25,27-28,31H,2-3,5-7,9,12,15-17,20-22H2,1H3,(H,37,41)(H,39,40)/b8-4-/t25-,27+,28+,31-,35-/m0/s1. The lowest BCUT2D eigenvalue weighted by molar-refractivity contribution is -0.139. The number of aryl methyl sites for hydroxylation is 1. The molecule has 11 heteroatoms. The Bertz CT molecular complexity index is 1610. The topological polar surface area (TPSA) is 122 Å². The Labute approximate surface area is 276 Å². The summed E-state index contributed by atoms with van der Waals surface area (Å²) < 4.78 is 41.7. The smallest absolute Gasteiger partial charge is 0.305 e. The molecule has 2 heterocycles. The minimum atomic E-state index is -3.93. The molecule has 6 rings (SSSR count). The fourth-order valence-corrected chi connectivity index (χ4v) is 9.38. The Hall–Kier alpha value is -3.08. The van der Waals surface area contributed by atoms with Gasteiger partial charge in [-0.25, -0.2) is 13.1 Å². The van der Waals surface area contributed by atoms with Crippen molar-refractivity contribution in [1.82, 2.24) is 4.72 Å². The number of allylic oxidation sites excluding steroid dienone is 1. The number of carbonyl (C=O) groups is 2. The number of amides is 1. The summed E-state index contributed by atoms with van der Waals surface area (Å²) in [5, 5.41) is 9.22. The summed E-state index contributed by atoms with van der Waals surface area (Å²) in [5.74, 6) is -0.443. The zero-order chi connectivity index (χ0) is 32.5. The van der Waals surface area contributed by atoms with E-state index in [1.807, 2.05) is 18.2 Å². The van der Waals surface area contributed by atoms with E-state index in [0.29, 0.717) is 49.7 Å². The van der Waals surface area contributed by atoms with Crippen molar-refractivity contribution in [3.63, 3.8) is 0 Å². The number of sulfonamides is 1. The van der Waals surface area contributed by atoms with Crippen molar-refractivity contribution in [1.29, 1.82) is 0 Å². The van der Waals surface area contributed by atoms with Gasteiger partial charge in [-0.05, 0) is 105 Å². The molecule has 5 atom stereocenters. The molecule has 248 valence electrons. The molecule has 1 fully saturated rings. The van der Waals surface area contributed by atoms with Gasteiger partial charge >= 0.3 is 5.97 Å². The number of ether oxygens (including phenoxy) is 2. The zero-order valence-corrected chi connectivity index (χ0v) is 27.8. The number of carboxylic acids is 1. The molecule has 4 aliphatic rings. The van der Waals surface area contributed by atoms with Gasteiger partial charge in [0.25, 0.3) is 5.91 Å². The van der Waals surface area contributed by atoms with Crippen molar-refractivity contribution in [2.75, 3.05) is 31.2 Å². The molecule has 2 aromatic carbocycles. The lowest BCUT2D eigenvalue weighted by Crippen LogP contribution is -2.49. The minimum Gasteiger partial charge on any atom is -0.490 e. The molecular formula is C35H43ClN2O7S. The lowest BCUT2D eigenvalue weighted by atomic mass is 9.68. The van der Waals surface area contributed by atoms with Crippen LogP contribution in [0.5, 0.6) is 5.75 Å². The van der Waals surface area contributed by atoms with E-state index < -0.39 is 27.1 Å². The first-order valence-electron chi connectivity index (χ1n) is 16.5. The second kappa shape index (κ2) is 13.6. The van der Waals surface area contributed by atoms with Gasteiger partial charge in [0.2, 0.25) is 10.0 Å². The Kier molecular flexibility index (Phi) is 9.69. The van der Waals surface area contributed by atoms with E-state index in [1.165, 1.54) is 11.1 Å². The fourth-order valence-electron chi connectivity index (χ4n) is 7.76. The number of hydrogen-bond acceptors (Lipinski definition) is 7. The molecule has 1 amide bonds. The van der Waals surface area contributed by atoms with Crippen molar-refractivity contribution in [2.24, 2.45) is 11.8 Å². The van der Waals surface area contributed by atoms with Gasteiger partial charge in [-0.15, -0.1) is 0 Å². The first-order chi connectivity index (χ1) is 22.1. The Balaban J connectivity index is 1.40. The molecule has 2 bridgehead atoms. The van der Waals surface area contributed by atoms with Gasteiger partial charge in [0.1, 0.15) is 5.75 Å². The largest absolute Gasteiger partial charge is 0.490 e. The van der Waals surface area contributed by atoms with Crippen LogP contribution in [0.4, 0.5) is 5.69 Å². The minimum absolute atomic E-state index is 0.0802. The summed E-state index contributed by atoms with van der Waals surface area (Å²) in [6.45, 7) is 3.75. The van der Waals surface area contributed by atoms with Crippen LogP contribution in [0.3, 0.4) is 0 Å². The molecule has 0 aromatic heterocycles. The van der Waals surface area contributed by atoms with E-state index in [1.54, 1.807) is 25.1 Å². The highest BCUT2D eigenvalue weighted by molar-refractivity contribution is 7.90. The van der Waals surface area contributed by atoms with E-state index in [9.17, 15) is 23.1 Å². The number of benzene rings is 2. The highest BCUT2D eigenvalue weighted by atomic mass is 35.5. The van der Waals surface area contributed by atoms with Gasteiger partial charge in [0, 0.05) is 29.1 Å². The third kappa shape index (κ3) is 6.80. The van der Waals surface area contributed by atoms with Gasteiger partial charge in [-0.2, -0.15) is 0 Å². The molecule has 1 spiro atoms. The molecule has 1 saturated carbocycles. The number of hydrogen-bond donors (Lipinski definition) is 2. The number of halogens is 1. The molecule has 46 heavy (non-hydrogen) atoms. The molecule has 2 aliphatic carbocycles. The Morgan fingerprint density at radius 1 is 1.20 bits per heavy atom. The second-order valence-corrected chi connectivity index (χ2v) is 15.7. The monoisotopic (exact) mass is 670 g/mol. The van der Waals surface area contributed by atoms with Crippen LogP contribution < -0.4 is 14.4 Å². The van der Waals surface area contributed by atoms with Gasteiger partial charge < -0.3 is 19.5 Å². The highest BCUT2D eigenvalue weighted by Gasteiger charge is 2.44. The van der Waals surface area contributed by atoms with Crippen molar-refractivity contribution >= 4 is 39.2 Å². The number of carbonyl (C=O) groups excluding carboxylic acids is 1. The van der Waals surface area contributed by atoms with E-state index in [-0.39, 0.29) is 41.9 Å². The average molecular weight is 671 g/mol. The summed E-state index contributed by atoms with van der Waals surface area (Å²) >= 11 is 6.41. The van der Waals surface area contributed by atoms with Gasteiger partial charge in [0.15, 0.2) is 0 Å². The van der Waals surface area contributed by atoms with Crippen LogP contribution in [0.2, 0.25) is 5.02 Å². The van der Waals surface area contributed by atoms with Crippen molar-refractivity contribution < 1.29 is 32.6 Å². The third-order valence-electron chi connectivity index (χ3n) is 10.4. The number of aliphatic carboxylic acids is 1. The van der Waals surface area contributed by atoms with Crippen LogP contribution >= 0.6 is 11.6 Å². The molecule has 2 N–H and O–H groups in total. The van der Waals surface area contributed by atoms with E-state index in [2.05, 4.69) is 21.8 Å². The van der Waals surface area contributed by atoms with Crippen LogP contribution in [-0.2, 0) is 31.4 Å². The van der Waals surface area contributed by atoms with E-state index >= 15 is 0 Å². The average Bonchev–Trinajstić information content (AvgIpc) is 3.15. The maximum absolute atomic E-state index is 13.4. The molecule has 2 aromatic rings. The SMILES string of the molecule is CC[C@@H]1CC/C=C\[C@H](OCCC(=O)O)[C@@H]2CC[C@H]2CN2C[C@@]3(CCCc4cc(Cl)ccc43)COc3ccc(cc32)C(=O)NS1(=O)=O. The van der Waals surface area contributed by atoms with Gasteiger partial charge in [0.05, 0.1) is 36.7 Å². The summed E-state index contributed by atoms with van der Waals surface area (Å²) in [6.07, 6.45) is 9.64. The third-order valence-corrected chi connectivity index (χ3v) is 12.5. The Morgan fingerprint density at radius 2 is 2.04 bits per heavy atom. The highest BCUT2D eigenvalue weighted by Crippen LogP contribution is 2.47.